The Morgan fingerprint density at radius 1 is 1.09 bits per heavy atom. The maximum absolute atomic E-state index is 12.9. The maximum Gasteiger partial charge on any atom is 0.393 e. The van der Waals surface area contributed by atoms with Crippen molar-refractivity contribution < 1.29 is 13.2 Å². The van der Waals surface area contributed by atoms with Gasteiger partial charge in [0.25, 0.3) is 0 Å². The molecule has 2 fully saturated rings. The van der Waals surface area contributed by atoms with Crippen LogP contribution in [0.25, 0.3) is 0 Å². The number of halogens is 3. The van der Waals surface area contributed by atoms with Crippen molar-refractivity contribution in [1.82, 2.24) is 4.98 Å². The molecule has 2 bridgehead atoms. The molecule has 1 unspecified atom stereocenters. The molecule has 4 rings (SSSR count). The van der Waals surface area contributed by atoms with Crippen LogP contribution in [0.4, 0.5) is 30.5 Å². The highest BCUT2D eigenvalue weighted by atomic mass is 19.4. The summed E-state index contributed by atoms with van der Waals surface area (Å²) in [6.45, 7) is 2.67. The third kappa shape index (κ3) is 2.36. The van der Waals surface area contributed by atoms with E-state index in [9.17, 15) is 13.2 Å². The van der Waals surface area contributed by atoms with Crippen molar-refractivity contribution in [2.24, 2.45) is 5.92 Å². The molecule has 120 valence electrons. The first-order valence-corrected chi connectivity index (χ1v) is 7.85. The minimum Gasteiger partial charge on any atom is -0.366 e. The second-order valence-corrected chi connectivity index (χ2v) is 6.44. The van der Waals surface area contributed by atoms with Crippen LogP contribution in [-0.4, -0.2) is 43.4 Å². The molecule has 4 nitrogen and oxygen atoms in total. The van der Waals surface area contributed by atoms with Crippen LogP contribution in [0.15, 0.2) is 12.1 Å². The van der Waals surface area contributed by atoms with Gasteiger partial charge in [0.1, 0.15) is 5.82 Å². The normalized spacial score (nSPS) is 27.6. The van der Waals surface area contributed by atoms with Gasteiger partial charge in [0.15, 0.2) is 5.82 Å². The van der Waals surface area contributed by atoms with Gasteiger partial charge in [-0.2, -0.15) is 13.2 Å². The second kappa shape index (κ2) is 4.93. The smallest absolute Gasteiger partial charge is 0.366 e. The van der Waals surface area contributed by atoms with Gasteiger partial charge in [-0.1, -0.05) is 0 Å². The number of rotatable bonds is 1. The Labute approximate surface area is 127 Å². The van der Waals surface area contributed by atoms with Crippen molar-refractivity contribution in [3.05, 3.63) is 12.1 Å². The van der Waals surface area contributed by atoms with Crippen LogP contribution in [-0.2, 0) is 0 Å². The lowest BCUT2D eigenvalue weighted by molar-refractivity contribution is -0.176. The van der Waals surface area contributed by atoms with Crippen LogP contribution in [0.3, 0.4) is 0 Å². The van der Waals surface area contributed by atoms with Crippen molar-refractivity contribution in [2.75, 3.05) is 41.3 Å². The summed E-state index contributed by atoms with van der Waals surface area (Å²) in [6.07, 6.45) is -2.24. The molecule has 0 radical (unpaired) electrons. The number of nitrogens with zero attached hydrogens (tertiary/aromatic N) is 3. The van der Waals surface area contributed by atoms with Gasteiger partial charge in [-0.25, -0.2) is 4.98 Å². The summed E-state index contributed by atoms with van der Waals surface area (Å²) in [5, 5.41) is 3.41. The minimum atomic E-state index is -4.12. The summed E-state index contributed by atoms with van der Waals surface area (Å²) in [6, 6.07) is 4.26. The number of hydrogen-bond donors (Lipinski definition) is 1. The molecule has 3 aliphatic rings. The number of pyridine rings is 1. The fraction of sp³-hybridized carbons (Fsp3) is 0.667. The van der Waals surface area contributed by atoms with E-state index in [1.54, 1.807) is 4.90 Å². The Balaban J connectivity index is 1.57. The van der Waals surface area contributed by atoms with E-state index in [1.165, 1.54) is 0 Å². The molecule has 1 N–H and O–H groups in total. The Bertz CT molecular complexity index is 574. The zero-order chi connectivity index (χ0) is 15.3. The van der Waals surface area contributed by atoms with Crippen LogP contribution in [0.5, 0.6) is 0 Å². The second-order valence-electron chi connectivity index (χ2n) is 6.44. The highest BCUT2D eigenvalue weighted by Gasteiger charge is 2.42. The lowest BCUT2D eigenvalue weighted by Gasteiger charge is -2.35. The quantitative estimate of drug-likeness (QED) is 0.864. The van der Waals surface area contributed by atoms with Crippen LogP contribution in [0, 0.1) is 5.92 Å². The molecule has 4 heterocycles. The highest BCUT2D eigenvalue weighted by Crippen LogP contribution is 2.38. The van der Waals surface area contributed by atoms with Crippen molar-refractivity contribution in [2.45, 2.75) is 31.5 Å². The third-order valence-corrected chi connectivity index (χ3v) is 4.94. The van der Waals surface area contributed by atoms with Crippen LogP contribution >= 0.6 is 0 Å². The van der Waals surface area contributed by atoms with Crippen molar-refractivity contribution >= 4 is 17.3 Å². The number of aromatic nitrogens is 1. The summed E-state index contributed by atoms with van der Waals surface area (Å²) in [5.74, 6) is 0.232. The number of alkyl halides is 3. The van der Waals surface area contributed by atoms with Crippen LogP contribution in [0.1, 0.15) is 19.3 Å². The van der Waals surface area contributed by atoms with Crippen LogP contribution in [0.2, 0.25) is 0 Å². The lowest BCUT2D eigenvalue weighted by atomic mass is 9.97. The van der Waals surface area contributed by atoms with E-state index in [0.717, 1.165) is 31.0 Å². The van der Waals surface area contributed by atoms with Crippen LogP contribution < -0.4 is 15.1 Å². The van der Waals surface area contributed by atoms with E-state index >= 15 is 0 Å². The molecule has 0 spiro atoms. The van der Waals surface area contributed by atoms with Gasteiger partial charge in [-0.15, -0.1) is 0 Å². The Morgan fingerprint density at radius 2 is 1.95 bits per heavy atom. The van der Waals surface area contributed by atoms with E-state index < -0.39 is 12.1 Å². The SMILES string of the molecule is FC(F)(F)C1CCCN(c2ccc3c(n2)N[C@H]2CCN3C2)C1. The molecular formula is C15H19F3N4. The predicted octanol–water partition coefficient (Wildman–Crippen LogP) is 2.86. The van der Waals surface area contributed by atoms with Gasteiger partial charge in [0.2, 0.25) is 0 Å². The van der Waals surface area contributed by atoms with E-state index in [0.29, 0.717) is 24.8 Å². The van der Waals surface area contributed by atoms with Gasteiger partial charge in [-0.3, -0.25) is 0 Å². The monoisotopic (exact) mass is 312 g/mol. The Morgan fingerprint density at radius 3 is 2.77 bits per heavy atom. The van der Waals surface area contributed by atoms with Gasteiger partial charge in [0.05, 0.1) is 11.6 Å². The summed E-state index contributed by atoms with van der Waals surface area (Å²) in [7, 11) is 0. The number of fused-ring (bicyclic) bond motifs is 4. The first kappa shape index (κ1) is 14.0. The molecule has 2 saturated heterocycles. The molecule has 2 atom stereocenters. The molecule has 0 aliphatic carbocycles. The summed E-state index contributed by atoms with van der Waals surface area (Å²) >= 11 is 0. The number of hydrogen-bond acceptors (Lipinski definition) is 4. The Hall–Kier alpha value is -1.66. The molecule has 3 aliphatic heterocycles. The van der Waals surface area contributed by atoms with Crippen molar-refractivity contribution in [1.29, 1.82) is 0 Å². The Kier molecular flexibility index (Phi) is 3.13. The molecule has 0 saturated carbocycles. The lowest BCUT2D eigenvalue weighted by Crippen LogP contribution is -2.42. The standard InChI is InChI=1S/C15H19F3N4/c16-15(17,18)10-2-1-6-22(8-10)13-4-3-12-14(20-13)19-11-5-7-21(12)9-11/h3-4,10-11H,1-2,5-9H2,(H,19,20)/t10?,11-/m0/s1. The first-order valence-electron chi connectivity index (χ1n) is 7.85. The third-order valence-electron chi connectivity index (χ3n) is 4.94. The average molecular weight is 312 g/mol. The molecule has 1 aromatic rings. The fourth-order valence-corrected chi connectivity index (χ4v) is 3.72. The minimum absolute atomic E-state index is 0.0163. The summed E-state index contributed by atoms with van der Waals surface area (Å²) in [5.41, 5.74) is 1.07. The zero-order valence-electron chi connectivity index (χ0n) is 12.2. The largest absolute Gasteiger partial charge is 0.393 e. The molecule has 0 amide bonds. The number of nitrogens with one attached hydrogen (secondary N) is 1. The van der Waals surface area contributed by atoms with Gasteiger partial charge in [-0.05, 0) is 31.4 Å². The van der Waals surface area contributed by atoms with Crippen molar-refractivity contribution in [3.8, 4) is 0 Å². The molecule has 0 aromatic carbocycles. The first-order chi connectivity index (χ1) is 10.5. The van der Waals surface area contributed by atoms with E-state index in [-0.39, 0.29) is 13.0 Å². The van der Waals surface area contributed by atoms with E-state index in [1.807, 2.05) is 12.1 Å². The number of anilines is 3. The summed E-state index contributed by atoms with van der Waals surface area (Å²) in [4.78, 5) is 8.67. The topological polar surface area (TPSA) is 31.4 Å². The highest BCUT2D eigenvalue weighted by molar-refractivity contribution is 5.72. The van der Waals surface area contributed by atoms with Gasteiger partial charge >= 0.3 is 6.18 Å². The van der Waals surface area contributed by atoms with Gasteiger partial charge < -0.3 is 15.1 Å². The molecule has 7 heteroatoms. The predicted molar refractivity (Wildman–Crippen MR) is 79.5 cm³/mol. The summed E-state index contributed by atoms with van der Waals surface area (Å²) < 4.78 is 38.8. The molecular weight excluding hydrogens is 293 g/mol. The fourth-order valence-electron chi connectivity index (χ4n) is 3.72. The van der Waals surface area contributed by atoms with Gasteiger partial charge in [0, 0.05) is 32.2 Å². The maximum atomic E-state index is 12.9. The average Bonchev–Trinajstić information content (AvgIpc) is 2.88. The molecule has 22 heavy (non-hydrogen) atoms. The van der Waals surface area contributed by atoms with E-state index in [4.69, 9.17) is 0 Å². The number of piperidine rings is 1. The van der Waals surface area contributed by atoms with Crippen molar-refractivity contribution in [3.63, 3.8) is 0 Å². The zero-order valence-corrected chi connectivity index (χ0v) is 12.2. The molecule has 1 aromatic heterocycles. The van der Waals surface area contributed by atoms with E-state index in [2.05, 4.69) is 15.2 Å².